The number of benzene rings is 2. The van der Waals surface area contributed by atoms with Crippen molar-refractivity contribution in [2.45, 2.75) is 40.0 Å². The summed E-state index contributed by atoms with van der Waals surface area (Å²) >= 11 is 0. The summed E-state index contributed by atoms with van der Waals surface area (Å²) in [6.07, 6.45) is 2.07. The lowest BCUT2D eigenvalue weighted by molar-refractivity contribution is -0.150. The van der Waals surface area contributed by atoms with Gasteiger partial charge < -0.3 is 14.2 Å². The van der Waals surface area contributed by atoms with Crippen molar-refractivity contribution < 1.29 is 23.8 Å². The Morgan fingerprint density at radius 1 is 0.939 bits per heavy atom. The first-order valence-electron chi connectivity index (χ1n) is 11.0. The van der Waals surface area contributed by atoms with E-state index in [1.807, 2.05) is 51.1 Å². The summed E-state index contributed by atoms with van der Waals surface area (Å²) in [5, 5.41) is 0. The largest absolute Gasteiger partial charge is 0.497 e. The lowest BCUT2D eigenvalue weighted by Gasteiger charge is -2.24. The van der Waals surface area contributed by atoms with Crippen molar-refractivity contribution in [3.8, 4) is 5.75 Å². The van der Waals surface area contributed by atoms with E-state index >= 15 is 0 Å². The van der Waals surface area contributed by atoms with Crippen LogP contribution < -0.4 is 4.74 Å². The third-order valence-corrected chi connectivity index (χ3v) is 4.94. The molecule has 0 bridgehead atoms. The molecule has 0 saturated heterocycles. The molecule has 2 aromatic carbocycles. The van der Waals surface area contributed by atoms with Gasteiger partial charge in [0.2, 0.25) is 0 Å². The van der Waals surface area contributed by atoms with Crippen LogP contribution in [0.3, 0.4) is 0 Å². The van der Waals surface area contributed by atoms with Gasteiger partial charge in [0.15, 0.2) is 0 Å². The monoisotopic (exact) mass is 449 g/mol. The number of hydrogen-bond donors (Lipinski definition) is 0. The van der Waals surface area contributed by atoms with Gasteiger partial charge in [-0.1, -0.05) is 69.7 Å². The number of carbonyl (C=O) groups excluding carboxylic acids is 2. The summed E-state index contributed by atoms with van der Waals surface area (Å²) in [7, 11) is 1.58. The van der Waals surface area contributed by atoms with Crippen LogP contribution in [-0.4, -0.2) is 32.3 Å². The van der Waals surface area contributed by atoms with Gasteiger partial charge in [-0.3, -0.25) is 9.59 Å². The Morgan fingerprint density at radius 3 is 2.12 bits per heavy atom. The van der Waals surface area contributed by atoms with E-state index in [0.717, 1.165) is 18.4 Å². The summed E-state index contributed by atoms with van der Waals surface area (Å²) in [4.78, 5) is 28.3. The highest BCUT2D eigenvalue weighted by molar-refractivity contribution is 6.03. The number of hydrogen-bond acceptors (Lipinski definition) is 5. The Kier molecular flexibility index (Phi) is 9.68. The zero-order valence-electron chi connectivity index (χ0n) is 19.7. The molecule has 0 fully saturated rings. The smallest absolute Gasteiger partial charge is 0.336 e. The number of unbranched alkanes of at least 4 members (excludes halogenated alkanes) is 1. The van der Waals surface area contributed by atoms with Crippen molar-refractivity contribution >= 4 is 17.5 Å². The van der Waals surface area contributed by atoms with E-state index in [1.165, 1.54) is 0 Å². The normalized spacial score (nSPS) is 11.7. The highest BCUT2D eigenvalue weighted by Crippen LogP contribution is 2.30. The van der Waals surface area contributed by atoms with Gasteiger partial charge in [-0.2, -0.15) is 0 Å². The molecule has 0 unspecified atom stereocenters. The fraction of sp³-hybridized carbons (Fsp3) is 0.370. The van der Waals surface area contributed by atoms with E-state index in [-0.39, 0.29) is 24.9 Å². The molecule has 6 heteroatoms. The molecule has 2 aromatic rings. The molecule has 0 saturated carbocycles. The molecule has 0 atom stereocenters. The number of carbonyl (C=O) groups is 2. The van der Waals surface area contributed by atoms with Crippen LogP contribution in [0.1, 0.15) is 51.2 Å². The van der Waals surface area contributed by atoms with E-state index in [4.69, 9.17) is 20.8 Å². The first-order valence-corrected chi connectivity index (χ1v) is 11.0. The van der Waals surface area contributed by atoms with Gasteiger partial charge in [-0.15, -0.1) is 0 Å². The Labute approximate surface area is 196 Å². The van der Waals surface area contributed by atoms with Crippen LogP contribution in [0.4, 0.5) is 0 Å². The Balaban J connectivity index is 2.24. The second-order valence-electron chi connectivity index (χ2n) is 8.43. The van der Waals surface area contributed by atoms with Crippen LogP contribution in [0.2, 0.25) is 0 Å². The van der Waals surface area contributed by atoms with Crippen molar-refractivity contribution in [1.82, 2.24) is 0 Å². The van der Waals surface area contributed by atoms with Gasteiger partial charge in [0.25, 0.3) is 5.70 Å². The van der Waals surface area contributed by atoms with Crippen LogP contribution in [0.5, 0.6) is 5.75 Å². The number of esters is 2. The van der Waals surface area contributed by atoms with Crippen molar-refractivity contribution in [1.29, 1.82) is 0 Å². The Bertz CT molecular complexity index is 1000. The lowest BCUT2D eigenvalue weighted by Crippen LogP contribution is -2.29. The summed E-state index contributed by atoms with van der Waals surface area (Å²) in [6, 6.07) is 16.4. The van der Waals surface area contributed by atoms with E-state index in [0.29, 0.717) is 23.3 Å². The molecule has 0 N–H and O–H groups in total. The highest BCUT2D eigenvalue weighted by atomic mass is 16.5. The van der Waals surface area contributed by atoms with Gasteiger partial charge in [-0.05, 0) is 29.7 Å². The summed E-state index contributed by atoms with van der Waals surface area (Å²) in [5.41, 5.74) is 1.23. The van der Waals surface area contributed by atoms with Crippen LogP contribution in [0.15, 0.2) is 60.3 Å². The number of nitrogens with zero attached hydrogens (tertiary/aromatic N) is 1. The summed E-state index contributed by atoms with van der Waals surface area (Å²) < 4.78 is 16.1. The minimum absolute atomic E-state index is 0.0105. The topological polar surface area (TPSA) is 66.2 Å². The van der Waals surface area contributed by atoms with E-state index in [1.54, 1.807) is 31.4 Å². The summed E-state index contributed by atoms with van der Waals surface area (Å²) in [5.74, 6) is -0.303. The van der Waals surface area contributed by atoms with Crippen molar-refractivity contribution in [2.75, 3.05) is 20.3 Å². The van der Waals surface area contributed by atoms with Crippen LogP contribution >= 0.6 is 0 Å². The van der Waals surface area contributed by atoms with Gasteiger partial charge in [-0.25, -0.2) is 4.85 Å². The molecule has 6 nitrogen and oxygen atoms in total. The lowest BCUT2D eigenvalue weighted by atomic mass is 9.95. The first kappa shape index (κ1) is 25.7. The molecule has 0 spiro atoms. The second kappa shape index (κ2) is 12.4. The Hall–Kier alpha value is -3.59. The fourth-order valence-electron chi connectivity index (χ4n) is 3.05. The van der Waals surface area contributed by atoms with Crippen LogP contribution in [-0.2, 0) is 19.1 Å². The van der Waals surface area contributed by atoms with Gasteiger partial charge >= 0.3 is 11.9 Å². The maximum absolute atomic E-state index is 13.0. The third-order valence-electron chi connectivity index (χ3n) is 4.94. The quantitative estimate of drug-likeness (QED) is 0.251. The van der Waals surface area contributed by atoms with Gasteiger partial charge in [0, 0.05) is 17.4 Å². The van der Waals surface area contributed by atoms with E-state index < -0.39 is 11.4 Å². The molecule has 0 aromatic heterocycles. The van der Waals surface area contributed by atoms with Crippen LogP contribution in [0, 0.1) is 12.0 Å². The zero-order chi connectivity index (χ0) is 24.3. The molecule has 0 aliphatic rings. The number of methoxy groups -OCH3 is 1. The van der Waals surface area contributed by atoms with Gasteiger partial charge in [0.05, 0.1) is 26.9 Å². The standard InChI is InChI=1S/C27H31NO5/c1-6-7-13-23(29)32-18-27(2,3)19-33-26(30)25(28-4)24(20-11-9-8-10-12-20)21-14-16-22(31-5)17-15-21/h8-12,14-17H,6-7,13,18-19H2,1-3,5H3/b25-24+. The van der Waals surface area contributed by atoms with Gasteiger partial charge in [0.1, 0.15) is 5.75 Å². The molecule has 0 amide bonds. The molecule has 0 aliphatic carbocycles. The maximum Gasteiger partial charge on any atom is 0.336 e. The minimum atomic E-state index is -0.718. The molecule has 0 radical (unpaired) electrons. The average Bonchev–Trinajstić information content (AvgIpc) is 2.84. The molecule has 0 heterocycles. The van der Waals surface area contributed by atoms with Crippen molar-refractivity contribution in [2.24, 2.45) is 5.41 Å². The van der Waals surface area contributed by atoms with Crippen molar-refractivity contribution in [3.05, 3.63) is 82.8 Å². The first-order chi connectivity index (χ1) is 15.8. The van der Waals surface area contributed by atoms with Crippen LogP contribution in [0.25, 0.3) is 10.4 Å². The molecule has 0 aliphatic heterocycles. The molecule has 174 valence electrons. The average molecular weight is 450 g/mol. The fourth-order valence-corrected chi connectivity index (χ4v) is 3.05. The van der Waals surface area contributed by atoms with E-state index in [2.05, 4.69) is 4.85 Å². The molecular weight excluding hydrogens is 418 g/mol. The minimum Gasteiger partial charge on any atom is -0.497 e. The number of ether oxygens (including phenoxy) is 3. The zero-order valence-corrected chi connectivity index (χ0v) is 19.7. The Morgan fingerprint density at radius 2 is 1.55 bits per heavy atom. The predicted molar refractivity (Wildman–Crippen MR) is 127 cm³/mol. The molecular formula is C27H31NO5. The van der Waals surface area contributed by atoms with Crippen molar-refractivity contribution in [3.63, 3.8) is 0 Å². The highest BCUT2D eigenvalue weighted by Gasteiger charge is 2.26. The third kappa shape index (κ3) is 7.80. The summed E-state index contributed by atoms with van der Waals surface area (Å²) in [6.45, 7) is 13.5. The SMILES string of the molecule is [C-]#[N+]/C(C(=O)OCC(C)(C)COC(=O)CCCC)=C(\c1ccccc1)c1ccc(OC)cc1. The van der Waals surface area contributed by atoms with E-state index in [9.17, 15) is 9.59 Å². The predicted octanol–water partition coefficient (Wildman–Crippen LogP) is 5.68. The second-order valence-corrected chi connectivity index (χ2v) is 8.43. The number of rotatable bonds is 11. The molecule has 33 heavy (non-hydrogen) atoms. The maximum atomic E-state index is 13.0. The molecule has 2 rings (SSSR count).